The normalized spacial score (nSPS) is 38.0. The zero-order chi connectivity index (χ0) is 14.4. The number of rotatable bonds is 0. The number of likely N-dealkylation sites (N-methyl/N-ethyl adjacent to an activating group) is 1. The molecule has 2 heterocycles. The van der Waals surface area contributed by atoms with Crippen LogP contribution < -0.4 is 17.1 Å². The Kier molecular flexibility index (Phi) is 2.86. The first-order valence-electron chi connectivity index (χ1n) is 7.88. The fourth-order valence-corrected chi connectivity index (χ4v) is 5.52. The van der Waals surface area contributed by atoms with E-state index in [0.717, 1.165) is 31.4 Å². The Labute approximate surface area is 137 Å². The van der Waals surface area contributed by atoms with Crippen LogP contribution in [0.25, 0.3) is 0 Å². The molecule has 1 saturated carbocycles. The van der Waals surface area contributed by atoms with Crippen molar-refractivity contribution >= 4 is 5.78 Å². The predicted molar refractivity (Wildman–Crippen MR) is 77.8 cm³/mol. The first kappa shape index (κ1) is 14.3. The third-order valence-electron chi connectivity index (χ3n) is 6.39. The summed E-state index contributed by atoms with van der Waals surface area (Å²) in [6.45, 7) is 1.00. The van der Waals surface area contributed by atoms with E-state index in [9.17, 15) is 9.90 Å². The number of carbonyl (C=O) groups is 1. The van der Waals surface area contributed by atoms with E-state index in [0.29, 0.717) is 24.1 Å². The molecule has 0 radical (unpaired) electrons. The number of hydrogen-bond donors (Lipinski definition) is 1. The van der Waals surface area contributed by atoms with E-state index < -0.39 is 0 Å². The first-order chi connectivity index (χ1) is 10.1. The van der Waals surface area contributed by atoms with Crippen LogP contribution in [0.15, 0.2) is 12.1 Å². The number of aromatic hydroxyl groups is 1. The Hall–Kier alpha value is -1.26. The molecule has 2 fully saturated rings. The molecule has 1 saturated heterocycles. The molecule has 2 aliphatic carbocycles. The van der Waals surface area contributed by atoms with Gasteiger partial charge in [-0.15, -0.1) is 0 Å². The van der Waals surface area contributed by atoms with Crippen molar-refractivity contribution < 1.29 is 28.5 Å². The molecule has 1 spiro atoms. The third-order valence-corrected chi connectivity index (χ3v) is 6.39. The van der Waals surface area contributed by atoms with E-state index in [2.05, 4.69) is 11.9 Å². The number of hydrogen-bond acceptors (Lipinski definition) is 4. The Morgan fingerprint density at radius 2 is 2.27 bits per heavy atom. The van der Waals surface area contributed by atoms with Gasteiger partial charge in [-0.1, -0.05) is 6.07 Å². The zero-order valence-corrected chi connectivity index (χ0v) is 13.3. The van der Waals surface area contributed by atoms with Crippen LogP contribution in [0.3, 0.4) is 0 Å². The molecule has 0 aromatic heterocycles. The second kappa shape index (κ2) is 4.39. The molecule has 22 heavy (non-hydrogen) atoms. The lowest BCUT2D eigenvalue weighted by atomic mass is 9.52. The van der Waals surface area contributed by atoms with Crippen molar-refractivity contribution in [3.05, 3.63) is 23.3 Å². The number of benzene rings is 1. The number of halogens is 1. The number of phenols is 1. The van der Waals surface area contributed by atoms with E-state index in [1.54, 1.807) is 6.07 Å². The van der Waals surface area contributed by atoms with Crippen LogP contribution in [0.2, 0.25) is 0 Å². The van der Waals surface area contributed by atoms with E-state index in [-0.39, 0.29) is 36.9 Å². The van der Waals surface area contributed by atoms with Crippen LogP contribution in [-0.2, 0) is 16.6 Å². The molecule has 4 nitrogen and oxygen atoms in total. The van der Waals surface area contributed by atoms with Crippen molar-refractivity contribution in [2.45, 2.75) is 43.2 Å². The lowest BCUT2D eigenvalue weighted by molar-refractivity contribution is -0.138. The van der Waals surface area contributed by atoms with Crippen molar-refractivity contribution in [1.82, 2.24) is 4.90 Å². The highest BCUT2D eigenvalue weighted by atomic mass is 35.5. The summed E-state index contributed by atoms with van der Waals surface area (Å²) in [5.41, 5.74) is 2.26. The van der Waals surface area contributed by atoms with Gasteiger partial charge in [0.1, 0.15) is 0 Å². The average Bonchev–Trinajstić information content (AvgIpc) is 2.83. The number of phenolic OH excluding ortho intramolecular Hbond substituents is 1. The minimum atomic E-state index is -0.366. The van der Waals surface area contributed by atoms with E-state index in [1.165, 1.54) is 5.56 Å². The maximum atomic E-state index is 12.5. The molecule has 4 atom stereocenters. The lowest BCUT2D eigenvalue weighted by Gasteiger charge is -2.57. The number of piperidine rings is 1. The standard InChI is InChI=1S/C17H19NO3.ClH/c1-18-7-6-17-10-3-5-13(20)16(17)21-15-12(19)4-2-9(14(15)17)8-11(10)18;/h2,4,10-11,16,19H,3,5-8H2,1H3;1H/t10-,11+,16-,17-;/m0./s1. The molecule has 2 bridgehead atoms. The minimum Gasteiger partial charge on any atom is -1.00 e. The van der Waals surface area contributed by atoms with Crippen LogP contribution in [-0.4, -0.2) is 41.5 Å². The summed E-state index contributed by atoms with van der Waals surface area (Å²) in [6.07, 6.45) is 3.18. The fourth-order valence-electron chi connectivity index (χ4n) is 5.52. The van der Waals surface area contributed by atoms with Crippen LogP contribution >= 0.6 is 0 Å². The van der Waals surface area contributed by atoms with Crippen LogP contribution in [0.4, 0.5) is 0 Å². The lowest BCUT2D eigenvalue weighted by Crippen LogP contribution is -3.00. The SMILES string of the molecule is CN1CC[C@]23c4c5ccc(O)c4O[C@H]2C(=O)CC[C@H]3[C@H]1C5.[Cl-].[H+]. The summed E-state index contributed by atoms with van der Waals surface area (Å²) in [5.74, 6) is 1.50. The van der Waals surface area contributed by atoms with Gasteiger partial charge in [0, 0.05) is 23.4 Å². The van der Waals surface area contributed by atoms with Crippen molar-refractivity contribution in [3.63, 3.8) is 0 Å². The quantitative estimate of drug-likeness (QED) is 0.648. The second-order valence-corrected chi connectivity index (χ2v) is 7.10. The highest BCUT2D eigenvalue weighted by molar-refractivity contribution is 5.89. The molecule has 0 unspecified atom stereocenters. The maximum Gasteiger partial charge on any atom is 1.00 e. The van der Waals surface area contributed by atoms with Crippen LogP contribution in [0, 0.1) is 5.92 Å². The van der Waals surface area contributed by atoms with Gasteiger partial charge in [0.2, 0.25) is 0 Å². The molecular formula is C17H20ClNO3. The zero-order valence-electron chi connectivity index (χ0n) is 13.5. The Bertz CT molecular complexity index is 682. The molecule has 4 aliphatic rings. The molecule has 5 heteroatoms. The molecule has 5 rings (SSSR count). The van der Waals surface area contributed by atoms with Gasteiger partial charge in [0.25, 0.3) is 0 Å². The summed E-state index contributed by atoms with van der Waals surface area (Å²) < 4.78 is 6.04. The van der Waals surface area contributed by atoms with Gasteiger partial charge < -0.3 is 27.2 Å². The Morgan fingerprint density at radius 1 is 1.45 bits per heavy atom. The predicted octanol–water partition coefficient (Wildman–Crippen LogP) is -1.25. The van der Waals surface area contributed by atoms with Gasteiger partial charge >= 0.3 is 1.43 Å². The second-order valence-electron chi connectivity index (χ2n) is 7.10. The number of likely N-dealkylation sites (tertiary alicyclic amines) is 1. The van der Waals surface area contributed by atoms with Crippen molar-refractivity contribution in [3.8, 4) is 11.5 Å². The number of nitrogens with zero attached hydrogens (tertiary/aromatic N) is 1. The van der Waals surface area contributed by atoms with Gasteiger partial charge in [-0.3, -0.25) is 4.79 Å². The van der Waals surface area contributed by atoms with Gasteiger partial charge in [-0.2, -0.15) is 0 Å². The van der Waals surface area contributed by atoms with Crippen molar-refractivity contribution in [2.24, 2.45) is 5.92 Å². The van der Waals surface area contributed by atoms with E-state index >= 15 is 0 Å². The molecule has 118 valence electrons. The Balaban J connectivity index is 0.000000781. The smallest absolute Gasteiger partial charge is 1.00 e. The van der Waals surface area contributed by atoms with Crippen molar-refractivity contribution in [1.29, 1.82) is 0 Å². The number of ether oxygens (including phenoxy) is 1. The average molecular weight is 322 g/mol. The summed E-state index contributed by atoms with van der Waals surface area (Å²) in [6, 6.07) is 4.26. The molecule has 2 aliphatic heterocycles. The molecule has 1 N–H and O–H groups in total. The molecule has 1 aromatic rings. The third kappa shape index (κ3) is 1.41. The van der Waals surface area contributed by atoms with Crippen LogP contribution in [0.1, 0.15) is 31.8 Å². The monoisotopic (exact) mass is 321 g/mol. The van der Waals surface area contributed by atoms with Crippen molar-refractivity contribution in [2.75, 3.05) is 13.6 Å². The van der Waals surface area contributed by atoms with Gasteiger partial charge in [-0.25, -0.2) is 0 Å². The fraction of sp³-hybridized carbons (Fsp3) is 0.588. The van der Waals surface area contributed by atoms with Crippen LogP contribution in [0.5, 0.6) is 11.5 Å². The largest absolute Gasteiger partial charge is 1.00 e. The number of ketones is 1. The summed E-state index contributed by atoms with van der Waals surface area (Å²) in [7, 11) is 2.20. The van der Waals surface area contributed by atoms with Gasteiger partial charge in [-0.05, 0) is 50.4 Å². The highest BCUT2D eigenvalue weighted by Gasteiger charge is 2.65. The topological polar surface area (TPSA) is 49.8 Å². The van der Waals surface area contributed by atoms with E-state index in [1.807, 2.05) is 6.07 Å². The summed E-state index contributed by atoms with van der Waals surface area (Å²) in [4.78, 5) is 14.9. The minimum absolute atomic E-state index is 0. The maximum absolute atomic E-state index is 12.5. The van der Waals surface area contributed by atoms with Gasteiger partial charge in [0.05, 0.1) is 0 Å². The first-order valence-corrected chi connectivity index (χ1v) is 7.88. The molecule has 1 aromatic carbocycles. The molecular weight excluding hydrogens is 302 g/mol. The van der Waals surface area contributed by atoms with E-state index in [4.69, 9.17) is 4.74 Å². The highest BCUT2D eigenvalue weighted by Crippen LogP contribution is 2.62. The summed E-state index contributed by atoms with van der Waals surface area (Å²) in [5, 5.41) is 10.2. The molecule has 0 amide bonds. The van der Waals surface area contributed by atoms with Gasteiger partial charge in [0.15, 0.2) is 23.4 Å². The number of Topliss-reactive ketones (excluding diaryl/α,β-unsaturated/α-hetero) is 1. The Morgan fingerprint density at radius 3 is 3.09 bits per heavy atom. The number of carbonyl (C=O) groups excluding carboxylic acids is 1. The summed E-state index contributed by atoms with van der Waals surface area (Å²) >= 11 is 0.